The molecule has 0 spiro atoms. The summed E-state index contributed by atoms with van der Waals surface area (Å²) < 4.78 is 0. The minimum Gasteiger partial charge on any atom is -0.353 e. The van der Waals surface area contributed by atoms with Crippen LogP contribution in [0.4, 0.5) is 0 Å². The number of nitrogens with one attached hydrogen (secondary N) is 1. The van der Waals surface area contributed by atoms with Crippen molar-refractivity contribution in [1.82, 2.24) is 5.32 Å². The number of allylic oxidation sites excluding steroid dienone is 7. The third-order valence-electron chi connectivity index (χ3n) is 3.05. The second-order valence-corrected chi connectivity index (χ2v) is 4.89. The van der Waals surface area contributed by atoms with Crippen molar-refractivity contribution in [2.75, 3.05) is 6.54 Å². The van der Waals surface area contributed by atoms with Crippen molar-refractivity contribution in [2.45, 2.75) is 39.5 Å². The van der Waals surface area contributed by atoms with E-state index in [1.807, 2.05) is 13.0 Å². The van der Waals surface area contributed by atoms with Crippen LogP contribution in [0.2, 0.25) is 0 Å². The summed E-state index contributed by atoms with van der Waals surface area (Å²) in [6, 6.07) is 0. The zero-order chi connectivity index (χ0) is 13.9. The first-order chi connectivity index (χ1) is 9.22. The summed E-state index contributed by atoms with van der Waals surface area (Å²) in [6.45, 7) is 4.82. The molecule has 104 valence electrons. The molecule has 1 unspecified atom stereocenters. The monoisotopic (exact) mass is 259 g/mol. The lowest BCUT2D eigenvalue weighted by Gasteiger charge is -2.05. The number of likely N-dealkylation sites (N-methyl/N-ethyl adjacent to an activating group) is 1. The third-order valence-corrected chi connectivity index (χ3v) is 3.05. The topological polar surface area (TPSA) is 29.1 Å². The Hall–Kier alpha value is -1.57. The first-order valence-corrected chi connectivity index (χ1v) is 7.21. The molecule has 0 saturated carbocycles. The maximum Gasteiger partial charge on any atom is 0.243 e. The molecule has 0 aromatic rings. The molecule has 2 heteroatoms. The summed E-state index contributed by atoms with van der Waals surface area (Å²) in [5.74, 6) is 0.540. The summed E-state index contributed by atoms with van der Waals surface area (Å²) >= 11 is 0. The SMILES string of the molecule is CCNC(=O)/C=C/CCC(C)/C=C/C1=CCCC=C1. The van der Waals surface area contributed by atoms with Gasteiger partial charge in [0.1, 0.15) is 0 Å². The van der Waals surface area contributed by atoms with Gasteiger partial charge in [0, 0.05) is 6.54 Å². The predicted octanol–water partition coefficient (Wildman–Crippen LogP) is 3.93. The van der Waals surface area contributed by atoms with Crippen LogP contribution in [0.15, 0.2) is 48.1 Å². The normalized spacial score (nSPS) is 16.8. The highest BCUT2D eigenvalue weighted by atomic mass is 16.1. The van der Waals surface area contributed by atoms with Gasteiger partial charge in [-0.3, -0.25) is 4.79 Å². The van der Waals surface area contributed by atoms with Crippen LogP contribution < -0.4 is 5.32 Å². The van der Waals surface area contributed by atoms with Crippen LogP contribution in [-0.4, -0.2) is 12.5 Å². The fourth-order valence-electron chi connectivity index (χ4n) is 1.91. The highest BCUT2D eigenvalue weighted by Crippen LogP contribution is 2.14. The average molecular weight is 259 g/mol. The second-order valence-electron chi connectivity index (χ2n) is 4.89. The van der Waals surface area contributed by atoms with E-state index in [4.69, 9.17) is 0 Å². The molecule has 1 N–H and O–H groups in total. The van der Waals surface area contributed by atoms with E-state index in [1.54, 1.807) is 6.08 Å². The Bertz CT molecular complexity index is 388. The number of rotatable bonds is 7. The smallest absolute Gasteiger partial charge is 0.243 e. The molecule has 0 fully saturated rings. The maximum absolute atomic E-state index is 11.2. The quantitative estimate of drug-likeness (QED) is 0.690. The van der Waals surface area contributed by atoms with Crippen molar-refractivity contribution >= 4 is 5.91 Å². The fourth-order valence-corrected chi connectivity index (χ4v) is 1.91. The number of hydrogen-bond acceptors (Lipinski definition) is 1. The first kappa shape index (κ1) is 15.5. The van der Waals surface area contributed by atoms with Crippen molar-refractivity contribution in [3.05, 3.63) is 48.1 Å². The van der Waals surface area contributed by atoms with E-state index in [0.29, 0.717) is 12.5 Å². The van der Waals surface area contributed by atoms with Crippen LogP contribution in [0.1, 0.15) is 39.5 Å². The lowest BCUT2D eigenvalue weighted by atomic mass is 10.0. The summed E-state index contributed by atoms with van der Waals surface area (Å²) in [7, 11) is 0. The molecular formula is C17H25NO. The lowest BCUT2D eigenvalue weighted by Crippen LogP contribution is -2.19. The molecule has 1 aliphatic carbocycles. The minimum absolute atomic E-state index is 0.00296. The Morgan fingerprint density at radius 1 is 1.47 bits per heavy atom. The molecule has 1 atom stereocenters. The molecule has 0 bridgehead atoms. The third kappa shape index (κ3) is 7.45. The van der Waals surface area contributed by atoms with Gasteiger partial charge in [0.05, 0.1) is 0 Å². The Labute approximate surface area is 117 Å². The van der Waals surface area contributed by atoms with Crippen molar-refractivity contribution in [2.24, 2.45) is 5.92 Å². The molecule has 2 nitrogen and oxygen atoms in total. The molecule has 0 aliphatic heterocycles. The van der Waals surface area contributed by atoms with Gasteiger partial charge in [0.15, 0.2) is 0 Å². The largest absolute Gasteiger partial charge is 0.353 e. The Morgan fingerprint density at radius 2 is 2.32 bits per heavy atom. The van der Waals surface area contributed by atoms with Crippen LogP contribution in [0.25, 0.3) is 0 Å². The van der Waals surface area contributed by atoms with E-state index in [1.165, 1.54) is 5.57 Å². The molecule has 0 saturated heterocycles. The molecule has 1 amide bonds. The first-order valence-electron chi connectivity index (χ1n) is 7.21. The predicted molar refractivity (Wildman–Crippen MR) is 81.8 cm³/mol. The minimum atomic E-state index is 0.00296. The molecule has 19 heavy (non-hydrogen) atoms. The van der Waals surface area contributed by atoms with Crippen LogP contribution in [0.5, 0.6) is 0 Å². The van der Waals surface area contributed by atoms with Gasteiger partial charge in [-0.15, -0.1) is 0 Å². The van der Waals surface area contributed by atoms with E-state index in [9.17, 15) is 4.79 Å². The zero-order valence-corrected chi connectivity index (χ0v) is 12.1. The van der Waals surface area contributed by atoms with Gasteiger partial charge in [-0.2, -0.15) is 0 Å². The molecule has 0 aromatic carbocycles. The summed E-state index contributed by atoms with van der Waals surface area (Å²) in [6.07, 6.45) is 19.0. The number of hydrogen-bond donors (Lipinski definition) is 1. The number of carbonyl (C=O) groups excluding carboxylic acids is 1. The van der Waals surface area contributed by atoms with E-state index in [0.717, 1.165) is 25.7 Å². The highest BCUT2D eigenvalue weighted by molar-refractivity contribution is 5.87. The molecule has 1 rings (SSSR count). The fraction of sp³-hybridized carbons (Fsp3) is 0.471. The van der Waals surface area contributed by atoms with Crippen molar-refractivity contribution in [1.29, 1.82) is 0 Å². The van der Waals surface area contributed by atoms with Crippen molar-refractivity contribution < 1.29 is 4.79 Å². The molecule has 1 aliphatic rings. The molecule has 0 heterocycles. The summed E-state index contributed by atoms with van der Waals surface area (Å²) in [5, 5.41) is 2.75. The highest BCUT2D eigenvalue weighted by Gasteiger charge is 1.97. The number of amides is 1. The van der Waals surface area contributed by atoms with Gasteiger partial charge in [0.2, 0.25) is 5.91 Å². The van der Waals surface area contributed by atoms with Crippen LogP contribution in [0.3, 0.4) is 0 Å². The van der Waals surface area contributed by atoms with Crippen LogP contribution >= 0.6 is 0 Å². The van der Waals surface area contributed by atoms with Crippen LogP contribution in [0, 0.1) is 5.92 Å². The van der Waals surface area contributed by atoms with E-state index >= 15 is 0 Å². The van der Waals surface area contributed by atoms with E-state index < -0.39 is 0 Å². The standard InChI is InChI=1S/C17H25NO/c1-3-18-17(19)12-8-7-9-15(2)13-14-16-10-5-4-6-11-16/h5,8,10-15H,3-4,6-7,9H2,1-2H3,(H,18,19)/b12-8+,14-13+. The van der Waals surface area contributed by atoms with Gasteiger partial charge in [0.25, 0.3) is 0 Å². The van der Waals surface area contributed by atoms with Gasteiger partial charge < -0.3 is 5.32 Å². The van der Waals surface area contributed by atoms with Gasteiger partial charge in [-0.05, 0) is 50.2 Å². The van der Waals surface area contributed by atoms with E-state index in [-0.39, 0.29) is 5.91 Å². The van der Waals surface area contributed by atoms with E-state index in [2.05, 4.69) is 42.6 Å². The van der Waals surface area contributed by atoms with Crippen molar-refractivity contribution in [3.63, 3.8) is 0 Å². The second kappa shape index (κ2) is 9.37. The Balaban J connectivity index is 2.22. The Kier molecular flexibility index (Phi) is 7.64. The van der Waals surface area contributed by atoms with Gasteiger partial charge >= 0.3 is 0 Å². The Morgan fingerprint density at radius 3 is 3.00 bits per heavy atom. The summed E-state index contributed by atoms with van der Waals surface area (Å²) in [4.78, 5) is 11.2. The van der Waals surface area contributed by atoms with Crippen molar-refractivity contribution in [3.8, 4) is 0 Å². The zero-order valence-electron chi connectivity index (χ0n) is 12.1. The lowest BCUT2D eigenvalue weighted by molar-refractivity contribution is -0.116. The molecule has 0 aromatic heterocycles. The van der Waals surface area contributed by atoms with Gasteiger partial charge in [-0.25, -0.2) is 0 Å². The molecular weight excluding hydrogens is 234 g/mol. The number of carbonyl (C=O) groups is 1. The average Bonchev–Trinajstić information content (AvgIpc) is 2.43. The maximum atomic E-state index is 11.2. The van der Waals surface area contributed by atoms with Crippen LogP contribution in [-0.2, 0) is 4.79 Å². The van der Waals surface area contributed by atoms with Gasteiger partial charge in [-0.1, -0.05) is 43.4 Å². The summed E-state index contributed by atoms with van der Waals surface area (Å²) in [5.41, 5.74) is 1.32. The molecule has 0 radical (unpaired) electrons.